The topological polar surface area (TPSA) is 34.8 Å². The molecule has 0 aliphatic heterocycles. The van der Waals surface area contributed by atoms with Crippen molar-refractivity contribution in [3.63, 3.8) is 0 Å². The van der Waals surface area contributed by atoms with Crippen molar-refractivity contribution in [3.8, 4) is 0 Å². The molecule has 0 amide bonds. The molecule has 2 heterocycles. The van der Waals surface area contributed by atoms with Gasteiger partial charge in [0, 0.05) is 25.0 Å². The zero-order valence-corrected chi connectivity index (χ0v) is 14.1. The smallest absolute Gasteiger partial charge is 0.0865 e. The van der Waals surface area contributed by atoms with Crippen molar-refractivity contribution in [1.82, 2.24) is 19.7 Å². The van der Waals surface area contributed by atoms with Gasteiger partial charge in [0.15, 0.2) is 0 Å². The van der Waals surface area contributed by atoms with Crippen LogP contribution in [0.15, 0.2) is 18.5 Å². The van der Waals surface area contributed by atoms with Crippen LogP contribution in [0.4, 0.5) is 0 Å². The summed E-state index contributed by atoms with van der Waals surface area (Å²) in [5.74, 6) is 0. The van der Waals surface area contributed by atoms with Gasteiger partial charge in [0.25, 0.3) is 0 Å². The van der Waals surface area contributed by atoms with E-state index in [1.165, 1.54) is 12.0 Å². The van der Waals surface area contributed by atoms with Crippen LogP contribution in [0, 0.1) is 6.92 Å². The molecule has 0 aliphatic carbocycles. The van der Waals surface area contributed by atoms with Crippen molar-refractivity contribution in [2.75, 3.05) is 7.05 Å². The highest BCUT2D eigenvalue weighted by molar-refractivity contribution is 6.31. The Morgan fingerprint density at radius 3 is 2.76 bits per heavy atom. The van der Waals surface area contributed by atoms with Crippen molar-refractivity contribution in [2.24, 2.45) is 0 Å². The van der Waals surface area contributed by atoms with E-state index in [-0.39, 0.29) is 0 Å². The van der Waals surface area contributed by atoms with Crippen LogP contribution >= 0.6 is 11.6 Å². The van der Waals surface area contributed by atoms with Gasteiger partial charge in [-0.2, -0.15) is 5.10 Å². The van der Waals surface area contributed by atoms with E-state index in [1.807, 2.05) is 18.7 Å². The average molecular weight is 309 g/mol. The Hall–Kier alpha value is -1.26. The molecule has 0 aliphatic rings. The number of nitrogens with one attached hydrogen (secondary N) is 1. The van der Waals surface area contributed by atoms with Gasteiger partial charge >= 0.3 is 0 Å². The second-order valence-electron chi connectivity index (χ2n) is 5.41. The Balaban J connectivity index is 2.19. The van der Waals surface area contributed by atoms with Crippen LogP contribution in [-0.4, -0.2) is 21.4 Å². The van der Waals surface area contributed by atoms with E-state index in [0.717, 1.165) is 35.9 Å². The minimum absolute atomic E-state index is 0.421. The van der Waals surface area contributed by atoms with Crippen molar-refractivity contribution in [3.05, 3.63) is 40.4 Å². The fourth-order valence-electron chi connectivity index (χ4n) is 2.72. The number of aryl methyl sites for hydroxylation is 2. The molecule has 0 saturated carbocycles. The number of halogens is 1. The van der Waals surface area contributed by atoms with Gasteiger partial charge < -0.3 is 9.88 Å². The predicted molar refractivity (Wildman–Crippen MR) is 87.9 cm³/mol. The first kappa shape index (κ1) is 16.1. The molecule has 0 radical (unpaired) electrons. The number of aromatic nitrogens is 3. The number of hydrogen-bond acceptors (Lipinski definition) is 2. The van der Waals surface area contributed by atoms with Crippen molar-refractivity contribution < 1.29 is 0 Å². The summed E-state index contributed by atoms with van der Waals surface area (Å²) in [6.07, 6.45) is 6.64. The van der Waals surface area contributed by atoms with Gasteiger partial charge in [-0.25, -0.2) is 0 Å². The zero-order valence-electron chi connectivity index (χ0n) is 13.4. The van der Waals surface area contributed by atoms with Crippen LogP contribution in [0.25, 0.3) is 0 Å². The highest BCUT2D eigenvalue weighted by Gasteiger charge is 2.14. The number of nitrogens with zero attached hydrogens (tertiary/aromatic N) is 3. The van der Waals surface area contributed by atoms with Crippen molar-refractivity contribution in [2.45, 2.75) is 52.7 Å². The molecule has 2 aromatic rings. The van der Waals surface area contributed by atoms with Crippen LogP contribution in [0.2, 0.25) is 5.02 Å². The van der Waals surface area contributed by atoms with E-state index < -0.39 is 0 Å². The lowest BCUT2D eigenvalue weighted by Crippen LogP contribution is -2.15. The van der Waals surface area contributed by atoms with Gasteiger partial charge in [-0.3, -0.25) is 4.68 Å². The lowest BCUT2D eigenvalue weighted by Gasteiger charge is -2.13. The second-order valence-corrected chi connectivity index (χ2v) is 5.79. The third-order valence-corrected chi connectivity index (χ3v) is 4.38. The Labute approximate surface area is 132 Å². The standard InChI is InChI=1S/C16H25ClN4/c1-5-7-14(18-4)13-8-9-20(10-13)11-15-16(17)12(3)19-21(15)6-2/h8-10,14,18H,5-7,11H2,1-4H3. The van der Waals surface area contributed by atoms with E-state index in [2.05, 4.69) is 47.3 Å². The molecule has 21 heavy (non-hydrogen) atoms. The summed E-state index contributed by atoms with van der Waals surface area (Å²) in [6, 6.07) is 2.61. The highest BCUT2D eigenvalue weighted by atomic mass is 35.5. The first-order valence-corrected chi connectivity index (χ1v) is 8.03. The minimum atomic E-state index is 0.421. The highest BCUT2D eigenvalue weighted by Crippen LogP contribution is 2.23. The van der Waals surface area contributed by atoms with E-state index in [1.54, 1.807) is 0 Å². The van der Waals surface area contributed by atoms with Crippen molar-refractivity contribution in [1.29, 1.82) is 0 Å². The Bertz CT molecular complexity index is 585. The molecule has 116 valence electrons. The largest absolute Gasteiger partial charge is 0.348 e. The SMILES string of the molecule is CCCC(NC)c1ccn(Cc2c(Cl)c(C)nn2CC)c1. The van der Waals surface area contributed by atoms with Gasteiger partial charge in [0.2, 0.25) is 0 Å². The number of rotatable bonds is 7. The van der Waals surface area contributed by atoms with E-state index in [0.29, 0.717) is 6.04 Å². The van der Waals surface area contributed by atoms with E-state index in [9.17, 15) is 0 Å². The molecule has 2 aromatic heterocycles. The molecule has 0 bridgehead atoms. The summed E-state index contributed by atoms with van der Waals surface area (Å²) in [7, 11) is 2.02. The Kier molecular flexibility index (Phi) is 5.48. The second kappa shape index (κ2) is 7.14. The average Bonchev–Trinajstić information content (AvgIpc) is 3.05. The summed E-state index contributed by atoms with van der Waals surface area (Å²) in [5, 5.41) is 8.63. The van der Waals surface area contributed by atoms with Gasteiger partial charge in [0.05, 0.1) is 23.0 Å². The normalized spacial score (nSPS) is 12.8. The molecule has 1 unspecified atom stereocenters. The van der Waals surface area contributed by atoms with Gasteiger partial charge in [-0.05, 0) is 38.9 Å². The quantitative estimate of drug-likeness (QED) is 0.845. The van der Waals surface area contributed by atoms with Gasteiger partial charge in [-0.15, -0.1) is 0 Å². The third kappa shape index (κ3) is 3.50. The van der Waals surface area contributed by atoms with Crippen LogP contribution in [0.1, 0.15) is 49.7 Å². The van der Waals surface area contributed by atoms with Gasteiger partial charge in [-0.1, -0.05) is 24.9 Å². The van der Waals surface area contributed by atoms with Crippen LogP contribution in [-0.2, 0) is 13.1 Å². The maximum atomic E-state index is 6.38. The van der Waals surface area contributed by atoms with Crippen LogP contribution in [0.5, 0.6) is 0 Å². The van der Waals surface area contributed by atoms with E-state index in [4.69, 9.17) is 11.6 Å². The molecule has 0 fully saturated rings. The predicted octanol–water partition coefficient (Wildman–Crippen LogP) is 3.78. The van der Waals surface area contributed by atoms with Crippen molar-refractivity contribution >= 4 is 11.6 Å². The molecule has 1 N–H and O–H groups in total. The minimum Gasteiger partial charge on any atom is -0.348 e. The fraction of sp³-hybridized carbons (Fsp3) is 0.562. The lowest BCUT2D eigenvalue weighted by molar-refractivity contribution is 0.539. The van der Waals surface area contributed by atoms with Crippen LogP contribution in [0.3, 0.4) is 0 Å². The summed E-state index contributed by atoms with van der Waals surface area (Å²) in [4.78, 5) is 0. The first-order chi connectivity index (χ1) is 10.1. The summed E-state index contributed by atoms with van der Waals surface area (Å²) >= 11 is 6.38. The van der Waals surface area contributed by atoms with Gasteiger partial charge in [0.1, 0.15) is 0 Å². The molecule has 0 spiro atoms. The molecule has 1 atom stereocenters. The maximum Gasteiger partial charge on any atom is 0.0865 e. The first-order valence-electron chi connectivity index (χ1n) is 7.65. The monoisotopic (exact) mass is 308 g/mol. The lowest BCUT2D eigenvalue weighted by atomic mass is 10.1. The Morgan fingerprint density at radius 1 is 1.38 bits per heavy atom. The molecule has 4 nitrogen and oxygen atoms in total. The molecule has 0 aromatic carbocycles. The molecule has 5 heteroatoms. The third-order valence-electron chi connectivity index (χ3n) is 3.89. The number of hydrogen-bond donors (Lipinski definition) is 1. The summed E-state index contributed by atoms with van der Waals surface area (Å²) in [5.41, 5.74) is 3.31. The van der Waals surface area contributed by atoms with E-state index >= 15 is 0 Å². The Morgan fingerprint density at radius 2 is 2.14 bits per heavy atom. The molecule has 2 rings (SSSR count). The molecule has 0 saturated heterocycles. The fourth-order valence-corrected chi connectivity index (χ4v) is 2.92. The summed E-state index contributed by atoms with van der Waals surface area (Å²) in [6.45, 7) is 7.86. The maximum absolute atomic E-state index is 6.38. The summed E-state index contributed by atoms with van der Waals surface area (Å²) < 4.78 is 4.17. The molecular formula is C16H25ClN4. The van der Waals surface area contributed by atoms with Crippen LogP contribution < -0.4 is 5.32 Å². The zero-order chi connectivity index (χ0) is 15.4. The molecular weight excluding hydrogens is 284 g/mol.